The molecule has 6 nitrogen and oxygen atoms in total. The molecule has 0 aliphatic heterocycles. The molecule has 0 spiro atoms. The third-order valence-electron chi connectivity index (χ3n) is 3.59. The minimum Gasteiger partial charge on any atom is -0.478 e. The van der Waals surface area contributed by atoms with Gasteiger partial charge in [-0.1, -0.05) is 0 Å². The van der Waals surface area contributed by atoms with Crippen LogP contribution in [0.1, 0.15) is 46.4 Å². The van der Waals surface area contributed by atoms with Gasteiger partial charge in [0.2, 0.25) is 0 Å². The predicted molar refractivity (Wildman–Crippen MR) is 73.8 cm³/mol. The number of amides is 1. The van der Waals surface area contributed by atoms with Crippen molar-refractivity contribution in [2.24, 2.45) is 5.73 Å². The summed E-state index contributed by atoms with van der Waals surface area (Å²) >= 11 is 0. The first-order valence-electron chi connectivity index (χ1n) is 6.59. The van der Waals surface area contributed by atoms with Gasteiger partial charge in [-0.3, -0.25) is 4.79 Å². The molecule has 0 bridgehead atoms. The van der Waals surface area contributed by atoms with Crippen molar-refractivity contribution < 1.29 is 19.8 Å². The summed E-state index contributed by atoms with van der Waals surface area (Å²) in [6.45, 7) is 0. The minimum atomic E-state index is -1.05. The number of benzene rings is 1. The van der Waals surface area contributed by atoms with E-state index in [4.69, 9.17) is 10.8 Å². The molecule has 1 aromatic rings. The quantitative estimate of drug-likeness (QED) is 0.661. The van der Waals surface area contributed by atoms with Crippen molar-refractivity contribution in [2.75, 3.05) is 5.32 Å². The van der Waals surface area contributed by atoms with E-state index in [1.54, 1.807) is 0 Å². The summed E-state index contributed by atoms with van der Waals surface area (Å²) < 4.78 is 0. The average Bonchev–Trinajstić information content (AvgIpc) is 2.41. The topological polar surface area (TPSA) is 113 Å². The van der Waals surface area contributed by atoms with Crippen molar-refractivity contribution >= 4 is 17.6 Å². The summed E-state index contributed by atoms with van der Waals surface area (Å²) in [4.78, 5) is 22.4. The van der Waals surface area contributed by atoms with Gasteiger partial charge in [-0.05, 0) is 43.9 Å². The summed E-state index contributed by atoms with van der Waals surface area (Å²) in [5, 5.41) is 21.6. The number of anilines is 1. The Morgan fingerprint density at radius 2 is 1.85 bits per heavy atom. The van der Waals surface area contributed by atoms with Gasteiger partial charge in [0.1, 0.15) is 0 Å². The molecule has 1 aliphatic rings. The molecular formula is C14H18N2O4. The van der Waals surface area contributed by atoms with Gasteiger partial charge in [-0.25, -0.2) is 4.79 Å². The second kappa shape index (κ2) is 5.92. The molecule has 0 aromatic heterocycles. The predicted octanol–water partition coefficient (Wildman–Crippen LogP) is 1.20. The number of hydrogen-bond acceptors (Lipinski definition) is 4. The largest absolute Gasteiger partial charge is 0.478 e. The molecule has 0 radical (unpaired) electrons. The molecule has 1 amide bonds. The molecule has 0 atom stereocenters. The lowest BCUT2D eigenvalue weighted by Gasteiger charge is -2.27. The van der Waals surface area contributed by atoms with Crippen LogP contribution < -0.4 is 11.1 Å². The van der Waals surface area contributed by atoms with Gasteiger partial charge in [-0.2, -0.15) is 0 Å². The van der Waals surface area contributed by atoms with E-state index in [0.717, 1.165) is 12.8 Å². The van der Waals surface area contributed by atoms with E-state index in [1.165, 1.54) is 18.2 Å². The van der Waals surface area contributed by atoms with Crippen LogP contribution in [0.15, 0.2) is 18.2 Å². The highest BCUT2D eigenvalue weighted by Gasteiger charge is 2.21. The lowest BCUT2D eigenvalue weighted by atomic mass is 9.92. The maximum absolute atomic E-state index is 11.4. The number of rotatable bonds is 4. The minimum absolute atomic E-state index is 0.105. The fourth-order valence-corrected chi connectivity index (χ4v) is 2.45. The molecule has 20 heavy (non-hydrogen) atoms. The van der Waals surface area contributed by atoms with Crippen LogP contribution in [0.4, 0.5) is 5.69 Å². The van der Waals surface area contributed by atoms with Crippen molar-refractivity contribution in [3.05, 3.63) is 29.3 Å². The number of aliphatic hydroxyl groups is 1. The number of aliphatic hydroxyl groups excluding tert-OH is 1. The van der Waals surface area contributed by atoms with E-state index >= 15 is 0 Å². The van der Waals surface area contributed by atoms with Crippen LogP contribution >= 0.6 is 0 Å². The van der Waals surface area contributed by atoms with Gasteiger partial charge >= 0.3 is 5.97 Å². The first-order valence-corrected chi connectivity index (χ1v) is 6.59. The molecule has 2 rings (SSSR count). The number of hydrogen-bond donors (Lipinski definition) is 4. The van der Waals surface area contributed by atoms with Crippen molar-refractivity contribution in [1.82, 2.24) is 0 Å². The van der Waals surface area contributed by atoms with Crippen molar-refractivity contribution in [1.29, 1.82) is 0 Å². The molecular weight excluding hydrogens is 260 g/mol. The Balaban J connectivity index is 2.21. The Hall–Kier alpha value is -2.08. The smallest absolute Gasteiger partial charge is 0.335 e. The summed E-state index contributed by atoms with van der Waals surface area (Å²) in [6.07, 6.45) is 2.67. The van der Waals surface area contributed by atoms with Crippen LogP contribution in [0.5, 0.6) is 0 Å². The Bertz CT molecular complexity index is 522. The molecule has 0 unspecified atom stereocenters. The zero-order valence-corrected chi connectivity index (χ0v) is 11.0. The molecule has 5 N–H and O–H groups in total. The normalized spacial score (nSPS) is 22.2. The Kier molecular flexibility index (Phi) is 4.24. The highest BCUT2D eigenvalue weighted by molar-refractivity contribution is 6.00. The molecule has 1 saturated carbocycles. The SMILES string of the molecule is NC(=O)c1ccc(C(=O)O)cc1NC1CCC(O)CC1. The molecule has 6 heteroatoms. The number of aromatic carboxylic acids is 1. The number of carbonyl (C=O) groups is 2. The lowest BCUT2D eigenvalue weighted by molar-refractivity contribution is 0.0696. The number of carboxylic acid groups (broad SMARTS) is 1. The van der Waals surface area contributed by atoms with Crippen molar-refractivity contribution in [2.45, 2.75) is 37.8 Å². The van der Waals surface area contributed by atoms with E-state index in [-0.39, 0.29) is 23.3 Å². The van der Waals surface area contributed by atoms with E-state index in [9.17, 15) is 14.7 Å². The molecule has 1 fully saturated rings. The molecule has 0 heterocycles. The molecule has 1 aromatic carbocycles. The monoisotopic (exact) mass is 278 g/mol. The summed E-state index contributed by atoms with van der Waals surface area (Å²) in [5.41, 5.74) is 6.13. The van der Waals surface area contributed by atoms with E-state index in [1.807, 2.05) is 0 Å². The average molecular weight is 278 g/mol. The number of primary amides is 1. The number of carbonyl (C=O) groups excluding carboxylic acids is 1. The van der Waals surface area contributed by atoms with E-state index in [2.05, 4.69) is 5.32 Å². The van der Waals surface area contributed by atoms with E-state index in [0.29, 0.717) is 18.5 Å². The first-order chi connectivity index (χ1) is 9.47. The summed E-state index contributed by atoms with van der Waals surface area (Å²) in [6, 6.07) is 4.32. The fraction of sp³-hybridized carbons (Fsp3) is 0.429. The maximum atomic E-state index is 11.4. The summed E-state index contributed by atoms with van der Waals surface area (Å²) in [7, 11) is 0. The van der Waals surface area contributed by atoms with Gasteiger partial charge in [-0.15, -0.1) is 0 Å². The zero-order valence-electron chi connectivity index (χ0n) is 11.0. The first kappa shape index (κ1) is 14.3. The van der Waals surface area contributed by atoms with Crippen LogP contribution in [0.3, 0.4) is 0 Å². The maximum Gasteiger partial charge on any atom is 0.335 e. The Labute approximate surface area is 116 Å². The zero-order chi connectivity index (χ0) is 14.7. The lowest BCUT2D eigenvalue weighted by Crippen LogP contribution is -2.29. The van der Waals surface area contributed by atoms with Gasteiger partial charge in [0.25, 0.3) is 5.91 Å². The van der Waals surface area contributed by atoms with Gasteiger partial charge in [0, 0.05) is 11.7 Å². The summed E-state index contributed by atoms with van der Waals surface area (Å²) in [5.74, 6) is -1.65. The van der Waals surface area contributed by atoms with Gasteiger partial charge < -0.3 is 21.3 Å². The second-order valence-corrected chi connectivity index (χ2v) is 5.08. The van der Waals surface area contributed by atoms with Crippen molar-refractivity contribution in [3.8, 4) is 0 Å². The van der Waals surface area contributed by atoms with Crippen LogP contribution in [0.25, 0.3) is 0 Å². The highest BCUT2D eigenvalue weighted by Crippen LogP contribution is 2.25. The van der Waals surface area contributed by atoms with Crippen LogP contribution in [-0.4, -0.2) is 34.2 Å². The third-order valence-corrected chi connectivity index (χ3v) is 3.59. The molecule has 108 valence electrons. The number of nitrogens with two attached hydrogens (primary N) is 1. The van der Waals surface area contributed by atoms with Crippen LogP contribution in [0, 0.1) is 0 Å². The van der Waals surface area contributed by atoms with Crippen LogP contribution in [-0.2, 0) is 0 Å². The number of carboxylic acids is 1. The van der Waals surface area contributed by atoms with E-state index < -0.39 is 11.9 Å². The third kappa shape index (κ3) is 3.27. The van der Waals surface area contributed by atoms with Crippen LogP contribution in [0.2, 0.25) is 0 Å². The molecule has 0 saturated heterocycles. The second-order valence-electron chi connectivity index (χ2n) is 5.08. The number of nitrogens with one attached hydrogen (secondary N) is 1. The highest BCUT2D eigenvalue weighted by atomic mass is 16.4. The van der Waals surface area contributed by atoms with Gasteiger partial charge in [0.05, 0.1) is 17.2 Å². The van der Waals surface area contributed by atoms with Crippen molar-refractivity contribution in [3.63, 3.8) is 0 Å². The Morgan fingerprint density at radius 3 is 2.40 bits per heavy atom. The molecule has 1 aliphatic carbocycles. The Morgan fingerprint density at radius 1 is 1.20 bits per heavy atom. The standard InChI is InChI=1S/C14H18N2O4/c15-13(18)11-6-1-8(14(19)20)7-12(11)16-9-2-4-10(17)5-3-9/h1,6-7,9-10,16-17H,2-5H2,(H2,15,18)(H,19,20). The van der Waals surface area contributed by atoms with Gasteiger partial charge in [0.15, 0.2) is 0 Å². The fourth-order valence-electron chi connectivity index (χ4n) is 2.45.